The Bertz CT molecular complexity index is 535. The van der Waals surface area contributed by atoms with Gasteiger partial charge in [-0.1, -0.05) is 25.9 Å². The van der Waals surface area contributed by atoms with Crippen molar-refractivity contribution in [1.29, 1.82) is 0 Å². The first kappa shape index (κ1) is 16.4. The number of fused-ring (bicyclic) bond motifs is 2. The van der Waals surface area contributed by atoms with Gasteiger partial charge in [-0.2, -0.15) is 4.98 Å². The number of rotatable bonds is 4. The van der Waals surface area contributed by atoms with Crippen molar-refractivity contribution in [2.75, 3.05) is 13.1 Å². The molecule has 0 saturated carbocycles. The van der Waals surface area contributed by atoms with Gasteiger partial charge in [0, 0.05) is 36.9 Å². The zero-order valence-electron chi connectivity index (χ0n) is 14.5. The average Bonchev–Trinajstić information content (AvgIpc) is 3.02. The summed E-state index contributed by atoms with van der Waals surface area (Å²) in [6.07, 6.45) is 5.41. The highest BCUT2D eigenvalue weighted by molar-refractivity contribution is 5.77. The number of aromatic nitrogens is 2. The van der Waals surface area contributed by atoms with Crippen molar-refractivity contribution in [1.82, 2.24) is 20.4 Å². The van der Waals surface area contributed by atoms with Crippen LogP contribution in [0, 0.1) is 0 Å². The second kappa shape index (κ2) is 6.59. The van der Waals surface area contributed by atoms with Crippen molar-refractivity contribution in [3.63, 3.8) is 0 Å². The number of nitrogens with one attached hydrogen (secondary N) is 1. The Balaban J connectivity index is 1.50. The summed E-state index contributed by atoms with van der Waals surface area (Å²) in [6.45, 7) is 8.17. The van der Waals surface area contributed by atoms with Crippen LogP contribution in [0.5, 0.6) is 0 Å². The molecule has 0 aliphatic carbocycles. The Morgan fingerprint density at radius 2 is 2.09 bits per heavy atom. The lowest BCUT2D eigenvalue weighted by Gasteiger charge is -2.27. The minimum absolute atomic E-state index is 0.101. The second-order valence-electron chi connectivity index (χ2n) is 7.79. The maximum atomic E-state index is 12.6. The molecular formula is C17H28N4O2. The van der Waals surface area contributed by atoms with Crippen LogP contribution in [0.1, 0.15) is 64.6 Å². The van der Waals surface area contributed by atoms with Crippen LogP contribution in [0.2, 0.25) is 0 Å². The smallest absolute Gasteiger partial charge is 0.226 e. The lowest BCUT2D eigenvalue weighted by atomic mass is 9.96. The standard InChI is InChI=1S/C17H28N4O2/c1-17(2,3)16-19-14(23-20-16)5-4-6-15(22)21-12-7-8-13(21)11-18-10-9-12/h12-13,18H,4-11H2,1-3H3. The van der Waals surface area contributed by atoms with Crippen LogP contribution in [0.4, 0.5) is 0 Å². The fraction of sp³-hybridized carbons (Fsp3) is 0.824. The Labute approximate surface area is 138 Å². The van der Waals surface area contributed by atoms with E-state index in [1.807, 2.05) is 0 Å². The molecule has 2 unspecified atom stereocenters. The molecule has 1 N–H and O–H groups in total. The van der Waals surface area contributed by atoms with Gasteiger partial charge in [0.05, 0.1) is 0 Å². The highest BCUT2D eigenvalue weighted by Crippen LogP contribution is 2.29. The zero-order chi connectivity index (χ0) is 16.4. The van der Waals surface area contributed by atoms with Gasteiger partial charge in [0.1, 0.15) is 0 Å². The van der Waals surface area contributed by atoms with Gasteiger partial charge >= 0.3 is 0 Å². The van der Waals surface area contributed by atoms with Crippen molar-refractivity contribution in [2.45, 2.75) is 76.8 Å². The van der Waals surface area contributed by atoms with E-state index in [1.54, 1.807) is 0 Å². The fourth-order valence-electron chi connectivity index (χ4n) is 3.57. The van der Waals surface area contributed by atoms with Crippen LogP contribution in [-0.2, 0) is 16.6 Å². The van der Waals surface area contributed by atoms with Crippen molar-refractivity contribution in [3.8, 4) is 0 Å². The van der Waals surface area contributed by atoms with E-state index in [0.717, 1.165) is 44.6 Å². The number of nitrogens with zero attached hydrogens (tertiary/aromatic N) is 3. The molecule has 0 spiro atoms. The average molecular weight is 320 g/mol. The Kier molecular flexibility index (Phi) is 4.71. The van der Waals surface area contributed by atoms with Gasteiger partial charge in [-0.3, -0.25) is 4.79 Å². The van der Waals surface area contributed by atoms with Crippen LogP contribution in [-0.4, -0.2) is 46.1 Å². The van der Waals surface area contributed by atoms with Gasteiger partial charge in [-0.25, -0.2) is 0 Å². The molecular weight excluding hydrogens is 292 g/mol. The predicted molar refractivity (Wildman–Crippen MR) is 87.1 cm³/mol. The number of hydrogen-bond acceptors (Lipinski definition) is 5. The van der Waals surface area contributed by atoms with E-state index in [2.05, 4.69) is 41.1 Å². The first-order valence-corrected chi connectivity index (χ1v) is 8.80. The van der Waals surface area contributed by atoms with Crippen LogP contribution in [0.25, 0.3) is 0 Å². The summed E-state index contributed by atoms with van der Waals surface area (Å²) >= 11 is 0. The van der Waals surface area contributed by atoms with Gasteiger partial charge < -0.3 is 14.7 Å². The Morgan fingerprint density at radius 1 is 1.30 bits per heavy atom. The van der Waals surface area contributed by atoms with Gasteiger partial charge in [0.25, 0.3) is 0 Å². The molecule has 2 atom stereocenters. The molecule has 2 aliphatic heterocycles. The molecule has 6 heteroatoms. The summed E-state index contributed by atoms with van der Waals surface area (Å²) in [5.41, 5.74) is -0.101. The topological polar surface area (TPSA) is 71.3 Å². The lowest BCUT2D eigenvalue weighted by molar-refractivity contribution is -0.133. The summed E-state index contributed by atoms with van der Waals surface area (Å²) in [5.74, 6) is 1.66. The summed E-state index contributed by atoms with van der Waals surface area (Å²) in [4.78, 5) is 19.2. The van der Waals surface area contributed by atoms with E-state index in [4.69, 9.17) is 4.52 Å². The first-order chi connectivity index (χ1) is 10.9. The number of carbonyl (C=O) groups excluding carboxylic acids is 1. The maximum absolute atomic E-state index is 12.6. The van der Waals surface area contributed by atoms with Gasteiger partial charge in [-0.05, 0) is 32.2 Å². The minimum Gasteiger partial charge on any atom is -0.339 e. The molecule has 3 rings (SSSR count). The Hall–Kier alpha value is -1.43. The quantitative estimate of drug-likeness (QED) is 0.919. The van der Waals surface area contributed by atoms with Crippen molar-refractivity contribution >= 4 is 5.91 Å². The summed E-state index contributed by atoms with van der Waals surface area (Å²) < 4.78 is 5.30. The van der Waals surface area contributed by atoms with Crippen molar-refractivity contribution in [2.24, 2.45) is 0 Å². The van der Waals surface area contributed by atoms with Crippen LogP contribution >= 0.6 is 0 Å². The van der Waals surface area contributed by atoms with E-state index in [1.165, 1.54) is 0 Å². The summed E-state index contributed by atoms with van der Waals surface area (Å²) in [5, 5.41) is 7.47. The molecule has 2 aliphatic rings. The van der Waals surface area contributed by atoms with Crippen LogP contribution < -0.4 is 5.32 Å². The van der Waals surface area contributed by atoms with Crippen molar-refractivity contribution < 1.29 is 9.32 Å². The highest BCUT2D eigenvalue weighted by Gasteiger charge is 2.37. The number of carbonyl (C=O) groups is 1. The molecule has 0 radical (unpaired) electrons. The Morgan fingerprint density at radius 3 is 2.83 bits per heavy atom. The third kappa shape index (κ3) is 3.74. The van der Waals surface area contributed by atoms with Gasteiger partial charge in [0.15, 0.2) is 5.82 Å². The monoisotopic (exact) mass is 320 g/mol. The molecule has 1 amide bonds. The molecule has 2 fully saturated rings. The van der Waals surface area contributed by atoms with E-state index in [9.17, 15) is 4.79 Å². The number of hydrogen-bond donors (Lipinski definition) is 1. The third-order valence-corrected chi connectivity index (χ3v) is 4.86. The van der Waals surface area contributed by atoms with E-state index in [0.29, 0.717) is 30.8 Å². The third-order valence-electron chi connectivity index (χ3n) is 4.86. The van der Waals surface area contributed by atoms with Crippen molar-refractivity contribution in [3.05, 3.63) is 11.7 Å². The molecule has 3 heterocycles. The summed E-state index contributed by atoms with van der Waals surface area (Å²) in [7, 11) is 0. The SMILES string of the molecule is CC(C)(C)c1noc(CCCC(=O)N2C3CCNCC2CC3)n1. The molecule has 1 aromatic heterocycles. The lowest BCUT2D eigenvalue weighted by Crippen LogP contribution is -2.42. The maximum Gasteiger partial charge on any atom is 0.226 e. The molecule has 1 aromatic rings. The highest BCUT2D eigenvalue weighted by atomic mass is 16.5. The predicted octanol–water partition coefficient (Wildman–Crippen LogP) is 2.04. The molecule has 2 bridgehead atoms. The number of amides is 1. The molecule has 2 saturated heterocycles. The zero-order valence-corrected chi connectivity index (χ0v) is 14.5. The van der Waals surface area contributed by atoms with E-state index in [-0.39, 0.29) is 11.3 Å². The van der Waals surface area contributed by atoms with Crippen LogP contribution in [0.3, 0.4) is 0 Å². The first-order valence-electron chi connectivity index (χ1n) is 8.80. The van der Waals surface area contributed by atoms with Gasteiger partial charge in [-0.15, -0.1) is 0 Å². The van der Waals surface area contributed by atoms with Gasteiger partial charge in [0.2, 0.25) is 11.8 Å². The second-order valence-corrected chi connectivity index (χ2v) is 7.79. The largest absolute Gasteiger partial charge is 0.339 e. The molecule has 128 valence electrons. The fourth-order valence-corrected chi connectivity index (χ4v) is 3.57. The van der Waals surface area contributed by atoms with Crippen LogP contribution in [0.15, 0.2) is 4.52 Å². The van der Waals surface area contributed by atoms with E-state index >= 15 is 0 Å². The number of aryl methyl sites for hydroxylation is 1. The van der Waals surface area contributed by atoms with E-state index < -0.39 is 0 Å². The summed E-state index contributed by atoms with van der Waals surface area (Å²) in [6, 6.07) is 0.837. The molecule has 6 nitrogen and oxygen atoms in total. The molecule has 0 aromatic carbocycles. The minimum atomic E-state index is -0.101. The molecule has 23 heavy (non-hydrogen) atoms. The normalized spacial score (nSPS) is 24.7.